The molecule has 9 nitrogen and oxygen atoms in total. The quantitative estimate of drug-likeness (QED) is 0.0935. The maximum absolute atomic E-state index is 12.3. The Balaban J connectivity index is 0.000000886. The highest BCUT2D eigenvalue weighted by Crippen LogP contribution is 2.40. The van der Waals surface area contributed by atoms with Gasteiger partial charge in [-0.1, -0.05) is 147 Å². The van der Waals surface area contributed by atoms with Crippen LogP contribution >= 0.6 is 31.9 Å². The predicted molar refractivity (Wildman–Crippen MR) is 225 cm³/mol. The summed E-state index contributed by atoms with van der Waals surface area (Å²) in [5.74, 6) is -6.26. The molecule has 2 rings (SSSR count). The minimum Gasteiger partial charge on any atom is -0.550 e. The molecular formula is C42H70Br2N2O7S. The zero-order chi connectivity index (χ0) is 41.8. The molecule has 0 radical (unpaired) electrons. The van der Waals surface area contributed by atoms with E-state index in [2.05, 4.69) is 122 Å². The predicted octanol–water partition coefficient (Wildman–Crippen LogP) is 8.03. The van der Waals surface area contributed by atoms with Crippen LogP contribution in [0.25, 0.3) is 0 Å². The average Bonchev–Trinajstić information content (AvgIpc) is 3.10. The third-order valence-corrected chi connectivity index (χ3v) is 13.8. The third kappa shape index (κ3) is 18.0. The molecule has 54 heavy (non-hydrogen) atoms. The van der Waals surface area contributed by atoms with E-state index in [0.29, 0.717) is 25.7 Å². The van der Waals surface area contributed by atoms with E-state index in [1.165, 1.54) is 20.1 Å². The normalized spacial score (nSPS) is 14.7. The maximum Gasteiger partial charge on any atom is 0.276 e. The summed E-state index contributed by atoms with van der Waals surface area (Å²) in [7, 11) is 3.74. The number of nitrogens with zero attached hydrogens (tertiary/aromatic N) is 2. The van der Waals surface area contributed by atoms with Gasteiger partial charge in [-0.3, -0.25) is 4.55 Å². The lowest BCUT2D eigenvalue weighted by Gasteiger charge is -2.42. The molecule has 4 atom stereocenters. The van der Waals surface area contributed by atoms with Crippen molar-refractivity contribution in [3.63, 3.8) is 0 Å². The van der Waals surface area contributed by atoms with Crippen LogP contribution in [0.3, 0.4) is 0 Å². The number of carboxylic acid groups (broad SMARTS) is 2. The van der Waals surface area contributed by atoms with Crippen LogP contribution in [0.5, 0.6) is 0 Å². The van der Waals surface area contributed by atoms with Gasteiger partial charge in [-0.15, -0.1) is 0 Å². The van der Waals surface area contributed by atoms with Crippen LogP contribution in [-0.2, 0) is 32.8 Å². The first kappa shape index (κ1) is 52.2. The van der Waals surface area contributed by atoms with Gasteiger partial charge in [-0.2, -0.15) is 8.42 Å². The highest BCUT2D eigenvalue weighted by Gasteiger charge is 2.53. The molecule has 0 amide bonds. The second-order valence-electron chi connectivity index (χ2n) is 15.8. The van der Waals surface area contributed by atoms with E-state index in [1.807, 2.05) is 20.8 Å². The molecule has 2 aromatic carbocycles. The van der Waals surface area contributed by atoms with Crippen LogP contribution in [0, 0.1) is 17.8 Å². The smallest absolute Gasteiger partial charge is 0.276 e. The Morgan fingerprint density at radius 3 is 1.41 bits per heavy atom. The zero-order valence-electron chi connectivity index (χ0n) is 34.7. The number of quaternary nitrogens is 2. The summed E-state index contributed by atoms with van der Waals surface area (Å²) in [6.07, 6.45) is 4.84. The standard InChI is InChI=1S/C20H38O7S.2C11H17BrN/c1-5-9-11-15(7-3)13-17(18(21)22)20(19(23)24,28(25,26)27)14-16(8-4)12-10-6-2;2*1-4-13(2,3)9-10-7-5-6-8-11(10)12/h15-17H,5-14H2,1-4H3,(H,21,22)(H,23,24)(H,25,26,27);2*5-8H,4,9H2,1-3H3/q;2*+1/p-2. The summed E-state index contributed by atoms with van der Waals surface area (Å²) in [5.41, 5.74) is 2.77. The zero-order valence-corrected chi connectivity index (χ0v) is 38.7. The van der Waals surface area contributed by atoms with E-state index >= 15 is 0 Å². The number of halogens is 2. The fourth-order valence-corrected chi connectivity index (χ4v) is 8.35. The van der Waals surface area contributed by atoms with Crippen LogP contribution in [0.1, 0.15) is 117 Å². The summed E-state index contributed by atoms with van der Waals surface area (Å²) < 4.78 is 36.1. The van der Waals surface area contributed by atoms with Crippen molar-refractivity contribution in [3.05, 3.63) is 68.6 Å². The maximum atomic E-state index is 12.3. The summed E-state index contributed by atoms with van der Waals surface area (Å²) in [6, 6.07) is 16.9. The Hall–Kier alpha value is -1.83. The number of benzene rings is 2. The monoisotopic (exact) mass is 904 g/mol. The van der Waals surface area contributed by atoms with E-state index in [9.17, 15) is 32.8 Å². The minimum absolute atomic E-state index is 0.181. The summed E-state index contributed by atoms with van der Waals surface area (Å²) in [5, 5.41) is 24.0. The number of rotatable bonds is 22. The Morgan fingerprint density at radius 2 is 1.11 bits per heavy atom. The van der Waals surface area contributed by atoms with Gasteiger partial charge in [-0.05, 0) is 50.7 Å². The Bertz CT molecular complexity index is 1440. The van der Waals surface area contributed by atoms with Gasteiger partial charge in [0.1, 0.15) is 17.8 Å². The second kappa shape index (κ2) is 25.4. The van der Waals surface area contributed by atoms with Gasteiger partial charge in [0, 0.05) is 32.0 Å². The van der Waals surface area contributed by atoms with Crippen LogP contribution in [0.15, 0.2) is 57.5 Å². The molecule has 0 bridgehead atoms. The minimum atomic E-state index is -5.26. The molecule has 0 saturated carbocycles. The first-order valence-electron chi connectivity index (χ1n) is 19.6. The van der Waals surface area contributed by atoms with Gasteiger partial charge in [0.05, 0.1) is 47.2 Å². The highest BCUT2D eigenvalue weighted by molar-refractivity contribution is 9.10. The van der Waals surface area contributed by atoms with E-state index in [-0.39, 0.29) is 18.3 Å². The lowest BCUT2D eigenvalue weighted by atomic mass is 9.76. The largest absolute Gasteiger partial charge is 0.550 e. The number of hydrogen-bond acceptors (Lipinski definition) is 6. The van der Waals surface area contributed by atoms with Crippen LogP contribution in [0.4, 0.5) is 0 Å². The van der Waals surface area contributed by atoms with Crippen molar-refractivity contribution in [1.29, 1.82) is 0 Å². The van der Waals surface area contributed by atoms with Gasteiger partial charge in [0.2, 0.25) is 0 Å². The van der Waals surface area contributed by atoms with E-state index in [1.54, 1.807) is 6.92 Å². The van der Waals surface area contributed by atoms with E-state index in [4.69, 9.17) is 0 Å². The van der Waals surface area contributed by atoms with Crippen LogP contribution in [-0.4, -0.2) is 79.9 Å². The number of carbonyl (C=O) groups excluding carboxylic acids is 2. The van der Waals surface area contributed by atoms with Crippen molar-refractivity contribution >= 4 is 53.9 Å². The molecule has 0 heterocycles. The molecule has 0 saturated heterocycles. The van der Waals surface area contributed by atoms with E-state index < -0.39 is 39.1 Å². The molecule has 0 fully saturated rings. The number of carbonyl (C=O) groups is 2. The Morgan fingerprint density at radius 1 is 0.722 bits per heavy atom. The lowest BCUT2D eigenvalue weighted by molar-refractivity contribution is -0.901. The fourth-order valence-electron chi connectivity index (χ4n) is 6.32. The first-order chi connectivity index (χ1) is 25.1. The molecule has 0 aliphatic rings. The van der Waals surface area contributed by atoms with Crippen LogP contribution in [0.2, 0.25) is 0 Å². The van der Waals surface area contributed by atoms with Crippen molar-refractivity contribution < 1.29 is 41.7 Å². The summed E-state index contributed by atoms with van der Waals surface area (Å²) >= 11 is 7.14. The van der Waals surface area contributed by atoms with Crippen LogP contribution < -0.4 is 10.2 Å². The number of carboxylic acids is 2. The van der Waals surface area contributed by atoms with Crippen molar-refractivity contribution in [2.45, 2.75) is 124 Å². The molecule has 2 aromatic rings. The number of unbranched alkanes of at least 4 members (excludes halogenated alkanes) is 2. The topological polar surface area (TPSA) is 135 Å². The van der Waals surface area contributed by atoms with Crippen molar-refractivity contribution in [2.75, 3.05) is 41.3 Å². The molecule has 0 aliphatic carbocycles. The number of hydrogen-bond donors (Lipinski definition) is 1. The van der Waals surface area contributed by atoms with Crippen molar-refractivity contribution in [1.82, 2.24) is 0 Å². The van der Waals surface area contributed by atoms with E-state index in [0.717, 1.165) is 60.8 Å². The molecule has 0 spiro atoms. The van der Waals surface area contributed by atoms with Gasteiger partial charge < -0.3 is 28.8 Å². The third-order valence-electron chi connectivity index (χ3n) is 10.7. The van der Waals surface area contributed by atoms with Crippen molar-refractivity contribution in [2.24, 2.45) is 17.8 Å². The van der Waals surface area contributed by atoms with Crippen molar-refractivity contribution in [3.8, 4) is 0 Å². The molecule has 4 unspecified atom stereocenters. The van der Waals surface area contributed by atoms with Gasteiger partial charge in [0.25, 0.3) is 10.1 Å². The summed E-state index contributed by atoms with van der Waals surface area (Å²) in [4.78, 5) is 24.0. The molecule has 12 heteroatoms. The second-order valence-corrected chi connectivity index (χ2v) is 19.2. The van der Waals surface area contributed by atoms with Gasteiger partial charge in [-0.25, -0.2) is 0 Å². The fraction of sp³-hybridized carbons (Fsp3) is 0.667. The molecule has 310 valence electrons. The Kier molecular flexibility index (Phi) is 24.6. The van der Waals surface area contributed by atoms with Gasteiger partial charge >= 0.3 is 0 Å². The molecular weight excluding hydrogens is 836 g/mol. The Labute approximate surface area is 345 Å². The molecule has 0 aromatic heterocycles. The highest BCUT2D eigenvalue weighted by atomic mass is 79.9. The van der Waals surface area contributed by atoms with Gasteiger partial charge in [0.15, 0.2) is 0 Å². The lowest BCUT2D eigenvalue weighted by Crippen LogP contribution is -2.63. The average molecular weight is 907 g/mol. The molecule has 1 N–H and O–H groups in total. The summed E-state index contributed by atoms with van der Waals surface area (Å²) in [6.45, 7) is 16.5. The number of aliphatic carboxylic acids is 2. The molecule has 0 aliphatic heterocycles. The first-order valence-corrected chi connectivity index (χ1v) is 22.6. The SMILES string of the molecule is CCCCC(CC)CC(C(=O)[O-])C(CC(CC)CCCC)(C(=O)[O-])S(=O)(=O)O.CC[N+](C)(C)Cc1ccccc1Br.CC[N+](C)(C)Cc1ccccc1Br.